The molecule has 6 nitrogen and oxygen atoms in total. The molecule has 2 aliphatic rings. The van der Waals surface area contributed by atoms with Crippen LogP contribution in [0.25, 0.3) is 5.69 Å². The van der Waals surface area contributed by atoms with E-state index in [4.69, 9.17) is 4.74 Å². The molecule has 1 aliphatic heterocycles. The largest absolute Gasteiger partial charge is 0.497 e. The minimum absolute atomic E-state index is 0.0945. The minimum Gasteiger partial charge on any atom is -0.497 e. The van der Waals surface area contributed by atoms with Crippen LogP contribution in [0.4, 0.5) is 5.82 Å². The number of rotatable bonds is 3. The Labute approximate surface area is 180 Å². The number of hydrogen-bond donors (Lipinski definition) is 2. The number of hydrogen-bond acceptors (Lipinski definition) is 4. The lowest BCUT2D eigenvalue weighted by atomic mass is 9.69. The van der Waals surface area contributed by atoms with E-state index in [0.29, 0.717) is 23.4 Å². The van der Waals surface area contributed by atoms with Gasteiger partial charge in [0.1, 0.15) is 11.6 Å². The summed E-state index contributed by atoms with van der Waals surface area (Å²) in [5, 5.41) is 6.63. The number of nitrogens with one attached hydrogen (secondary N) is 2. The SMILES string of the molecule is COc1ccc([C@H]2C3=C(CC(C)(C)CC3=O)Nc3[nH]n(-c4ccccc4)c(=O)c32)cc1. The number of benzene rings is 2. The molecule has 0 fully saturated rings. The molecule has 0 saturated heterocycles. The number of H-pyrrole nitrogens is 1. The number of Topliss-reactive ketones (excluding diaryl/α,β-unsaturated/α-hetero) is 1. The quantitative estimate of drug-likeness (QED) is 0.666. The summed E-state index contributed by atoms with van der Waals surface area (Å²) < 4.78 is 6.85. The second-order valence-electron chi connectivity index (χ2n) is 9.04. The van der Waals surface area contributed by atoms with Gasteiger partial charge in [-0.05, 0) is 41.7 Å². The molecular weight excluding hydrogens is 390 g/mol. The molecule has 2 N–H and O–H groups in total. The highest BCUT2D eigenvalue weighted by atomic mass is 16.5. The Morgan fingerprint density at radius 2 is 1.71 bits per heavy atom. The molecule has 0 radical (unpaired) electrons. The number of nitrogens with zero attached hydrogens (tertiary/aromatic N) is 1. The van der Waals surface area contributed by atoms with Crippen LogP contribution in [0.5, 0.6) is 5.75 Å². The van der Waals surface area contributed by atoms with Gasteiger partial charge in [0, 0.05) is 23.6 Å². The number of allylic oxidation sites excluding steroid dienone is 2. The highest BCUT2D eigenvalue weighted by Crippen LogP contribution is 2.47. The highest BCUT2D eigenvalue weighted by molar-refractivity contribution is 6.01. The first kappa shape index (κ1) is 19.4. The third kappa shape index (κ3) is 3.19. The zero-order chi connectivity index (χ0) is 21.8. The van der Waals surface area contributed by atoms with Gasteiger partial charge in [-0.25, -0.2) is 4.68 Å². The molecule has 3 aromatic rings. The average Bonchev–Trinajstić information content (AvgIpc) is 3.08. The van der Waals surface area contributed by atoms with Crippen molar-refractivity contribution < 1.29 is 9.53 Å². The van der Waals surface area contributed by atoms with Crippen molar-refractivity contribution in [1.82, 2.24) is 9.78 Å². The fourth-order valence-corrected chi connectivity index (χ4v) is 4.78. The second-order valence-corrected chi connectivity index (χ2v) is 9.04. The summed E-state index contributed by atoms with van der Waals surface area (Å²) in [6.07, 6.45) is 1.21. The predicted octanol–water partition coefficient (Wildman–Crippen LogP) is 4.37. The number of para-hydroxylation sites is 1. The van der Waals surface area contributed by atoms with E-state index in [1.54, 1.807) is 11.8 Å². The summed E-state index contributed by atoms with van der Waals surface area (Å²) in [6.45, 7) is 4.21. The van der Waals surface area contributed by atoms with E-state index in [0.717, 1.165) is 29.1 Å². The van der Waals surface area contributed by atoms with Gasteiger partial charge in [0.15, 0.2) is 5.78 Å². The van der Waals surface area contributed by atoms with Gasteiger partial charge >= 0.3 is 0 Å². The van der Waals surface area contributed by atoms with Crippen LogP contribution in [0.15, 0.2) is 70.7 Å². The predicted molar refractivity (Wildman–Crippen MR) is 120 cm³/mol. The molecule has 2 heterocycles. The Morgan fingerprint density at radius 1 is 1.00 bits per heavy atom. The summed E-state index contributed by atoms with van der Waals surface area (Å²) in [4.78, 5) is 26.9. The van der Waals surface area contributed by atoms with E-state index < -0.39 is 5.92 Å². The van der Waals surface area contributed by atoms with Gasteiger partial charge < -0.3 is 10.1 Å². The van der Waals surface area contributed by atoms with Crippen LogP contribution in [-0.2, 0) is 4.79 Å². The molecule has 2 aromatic carbocycles. The normalized spacial score (nSPS) is 19.5. The Bertz CT molecular complexity index is 1250. The maximum absolute atomic E-state index is 13.6. The number of methoxy groups -OCH3 is 1. The van der Waals surface area contributed by atoms with Crippen molar-refractivity contribution in [2.75, 3.05) is 12.4 Å². The van der Waals surface area contributed by atoms with Gasteiger partial charge in [0.25, 0.3) is 5.56 Å². The maximum Gasteiger partial charge on any atom is 0.277 e. The number of anilines is 1. The zero-order valence-electron chi connectivity index (χ0n) is 17.9. The summed E-state index contributed by atoms with van der Waals surface area (Å²) in [6, 6.07) is 17.1. The molecule has 31 heavy (non-hydrogen) atoms. The fourth-order valence-electron chi connectivity index (χ4n) is 4.78. The van der Waals surface area contributed by atoms with Gasteiger partial charge in [-0.2, -0.15) is 0 Å². The minimum atomic E-state index is -0.422. The Hall–Kier alpha value is -3.54. The fraction of sp³-hybridized carbons (Fsp3) is 0.280. The first-order chi connectivity index (χ1) is 14.9. The standard InChI is InChI=1S/C25H25N3O3/c1-25(2)13-18-21(19(29)14-25)20(15-9-11-17(31-3)12-10-15)22-23(26-18)27-28(24(22)30)16-7-5-4-6-8-16/h4-12,20,26-27H,13-14H2,1-3H3/t20-/m0/s1. The molecule has 5 rings (SSSR count). The Balaban J connectivity index is 1.73. The third-order valence-corrected chi connectivity index (χ3v) is 6.16. The smallest absolute Gasteiger partial charge is 0.277 e. The lowest BCUT2D eigenvalue weighted by molar-refractivity contribution is -0.118. The lowest BCUT2D eigenvalue weighted by Crippen LogP contribution is -2.35. The number of ether oxygens (including phenoxy) is 1. The van der Waals surface area contributed by atoms with Crippen molar-refractivity contribution in [3.05, 3.63) is 87.3 Å². The molecule has 0 spiro atoms. The topological polar surface area (TPSA) is 76.1 Å². The number of aromatic nitrogens is 2. The number of carbonyl (C=O) groups excluding carboxylic acids is 1. The highest BCUT2D eigenvalue weighted by Gasteiger charge is 2.42. The maximum atomic E-state index is 13.6. The first-order valence-corrected chi connectivity index (χ1v) is 10.5. The van der Waals surface area contributed by atoms with Crippen LogP contribution < -0.4 is 15.6 Å². The molecule has 0 unspecified atom stereocenters. The summed E-state index contributed by atoms with van der Waals surface area (Å²) in [5.74, 6) is 1.06. The van der Waals surface area contributed by atoms with Crippen LogP contribution in [0.1, 0.15) is 43.7 Å². The average molecular weight is 415 g/mol. The van der Waals surface area contributed by atoms with Crippen molar-refractivity contribution in [2.45, 2.75) is 32.6 Å². The number of carbonyl (C=O) groups is 1. The molecule has 0 amide bonds. The van der Waals surface area contributed by atoms with E-state index in [2.05, 4.69) is 24.3 Å². The molecule has 6 heteroatoms. The zero-order valence-corrected chi connectivity index (χ0v) is 17.9. The van der Waals surface area contributed by atoms with E-state index in [1.807, 2.05) is 54.6 Å². The van der Waals surface area contributed by atoms with Crippen LogP contribution in [0.3, 0.4) is 0 Å². The third-order valence-electron chi connectivity index (χ3n) is 6.16. The Kier molecular flexibility index (Phi) is 4.39. The number of aromatic amines is 1. The molecule has 1 aromatic heterocycles. The molecule has 0 bridgehead atoms. The monoisotopic (exact) mass is 415 g/mol. The first-order valence-electron chi connectivity index (χ1n) is 10.5. The van der Waals surface area contributed by atoms with Crippen molar-refractivity contribution in [1.29, 1.82) is 0 Å². The molecule has 158 valence electrons. The number of ketones is 1. The van der Waals surface area contributed by atoms with Gasteiger partial charge in [0.2, 0.25) is 0 Å². The van der Waals surface area contributed by atoms with Crippen molar-refractivity contribution in [3.8, 4) is 11.4 Å². The van der Waals surface area contributed by atoms with Gasteiger partial charge in [-0.15, -0.1) is 0 Å². The van der Waals surface area contributed by atoms with Crippen LogP contribution in [0.2, 0.25) is 0 Å². The van der Waals surface area contributed by atoms with Gasteiger partial charge in [-0.3, -0.25) is 14.7 Å². The van der Waals surface area contributed by atoms with Crippen LogP contribution in [0, 0.1) is 5.41 Å². The molecular formula is C25H25N3O3. The van der Waals surface area contributed by atoms with Crippen LogP contribution >= 0.6 is 0 Å². The van der Waals surface area contributed by atoms with E-state index in [1.165, 1.54) is 0 Å². The van der Waals surface area contributed by atoms with E-state index >= 15 is 0 Å². The van der Waals surface area contributed by atoms with Crippen LogP contribution in [-0.4, -0.2) is 22.7 Å². The summed E-state index contributed by atoms with van der Waals surface area (Å²) in [7, 11) is 1.62. The molecule has 1 aliphatic carbocycles. The molecule has 1 atom stereocenters. The summed E-state index contributed by atoms with van der Waals surface area (Å²) in [5.41, 5.74) is 3.54. The van der Waals surface area contributed by atoms with Crippen molar-refractivity contribution in [2.24, 2.45) is 5.41 Å². The van der Waals surface area contributed by atoms with Gasteiger partial charge in [0.05, 0.1) is 18.4 Å². The van der Waals surface area contributed by atoms with Crippen molar-refractivity contribution in [3.63, 3.8) is 0 Å². The Morgan fingerprint density at radius 3 is 2.39 bits per heavy atom. The molecule has 0 saturated carbocycles. The van der Waals surface area contributed by atoms with E-state index in [-0.39, 0.29) is 16.8 Å². The lowest BCUT2D eigenvalue weighted by Gasteiger charge is -2.37. The summed E-state index contributed by atoms with van der Waals surface area (Å²) >= 11 is 0. The van der Waals surface area contributed by atoms with Crippen molar-refractivity contribution >= 4 is 11.6 Å². The van der Waals surface area contributed by atoms with Gasteiger partial charge in [-0.1, -0.05) is 44.2 Å². The number of fused-ring (bicyclic) bond motifs is 1. The van der Waals surface area contributed by atoms with E-state index in [9.17, 15) is 9.59 Å². The second kappa shape index (κ2) is 7.01.